The van der Waals surface area contributed by atoms with E-state index in [1.165, 1.54) is 12.1 Å². The van der Waals surface area contributed by atoms with Crippen molar-refractivity contribution in [2.75, 3.05) is 0 Å². The first-order valence-electron chi connectivity index (χ1n) is 5.62. The van der Waals surface area contributed by atoms with E-state index in [0.717, 1.165) is 17.0 Å². The van der Waals surface area contributed by atoms with Crippen LogP contribution in [0.2, 0.25) is 0 Å². The number of nitro groups is 1. The van der Waals surface area contributed by atoms with Crippen molar-refractivity contribution in [3.8, 4) is 0 Å². The van der Waals surface area contributed by atoms with E-state index < -0.39 is 4.92 Å². The summed E-state index contributed by atoms with van der Waals surface area (Å²) in [4.78, 5) is 10.2. The second-order valence-electron chi connectivity index (χ2n) is 4.07. The van der Waals surface area contributed by atoms with E-state index >= 15 is 0 Å². The van der Waals surface area contributed by atoms with Crippen LogP contribution in [-0.2, 0) is 13.1 Å². The lowest BCUT2D eigenvalue weighted by Crippen LogP contribution is -2.12. The molecule has 100 valence electrons. The van der Waals surface area contributed by atoms with Crippen molar-refractivity contribution in [2.24, 2.45) is 0 Å². The molecule has 0 atom stereocenters. The predicted molar refractivity (Wildman–Crippen MR) is 72.6 cm³/mol. The molecule has 6 nitrogen and oxygen atoms in total. The van der Waals surface area contributed by atoms with Gasteiger partial charge in [-0.15, -0.1) is 0 Å². The number of hydrogen-bond acceptors (Lipinski definition) is 5. The van der Waals surface area contributed by atoms with Gasteiger partial charge in [0.2, 0.25) is 0 Å². The van der Waals surface area contributed by atoms with Gasteiger partial charge in [0.1, 0.15) is 0 Å². The first kappa shape index (κ1) is 13.7. The van der Waals surface area contributed by atoms with Crippen molar-refractivity contribution in [1.29, 1.82) is 0 Å². The molecule has 0 amide bonds. The normalized spacial score (nSPS) is 10.6. The van der Waals surface area contributed by atoms with Crippen LogP contribution in [0.5, 0.6) is 0 Å². The average Bonchev–Trinajstić information content (AvgIpc) is 2.77. The summed E-state index contributed by atoms with van der Waals surface area (Å²) in [6.45, 7) is 3.00. The van der Waals surface area contributed by atoms with E-state index in [4.69, 9.17) is 4.52 Å². The molecule has 0 spiro atoms. The predicted octanol–water partition coefficient (Wildman–Crippen LogP) is 2.94. The van der Waals surface area contributed by atoms with Gasteiger partial charge in [0.25, 0.3) is 5.69 Å². The summed E-state index contributed by atoms with van der Waals surface area (Å²) >= 11 is 3.33. The first-order chi connectivity index (χ1) is 9.06. The van der Waals surface area contributed by atoms with Crippen molar-refractivity contribution in [3.05, 3.63) is 55.9 Å². The summed E-state index contributed by atoms with van der Waals surface area (Å²) in [5.41, 5.74) is 1.86. The first-order valence-corrected chi connectivity index (χ1v) is 6.41. The highest BCUT2D eigenvalue weighted by atomic mass is 79.9. The quantitative estimate of drug-likeness (QED) is 0.675. The Hall–Kier alpha value is -1.73. The molecule has 1 aromatic carbocycles. The molecule has 0 saturated carbocycles. The van der Waals surface area contributed by atoms with Crippen LogP contribution in [0.3, 0.4) is 0 Å². The fourth-order valence-corrected chi connectivity index (χ4v) is 2.12. The zero-order valence-electron chi connectivity index (χ0n) is 10.2. The Balaban J connectivity index is 1.94. The number of nitro benzene ring substituents is 1. The second-order valence-corrected chi connectivity index (χ2v) is 4.93. The third-order valence-electron chi connectivity index (χ3n) is 2.54. The molecule has 0 aliphatic heterocycles. The van der Waals surface area contributed by atoms with Crippen molar-refractivity contribution in [3.63, 3.8) is 0 Å². The van der Waals surface area contributed by atoms with E-state index in [9.17, 15) is 10.1 Å². The summed E-state index contributed by atoms with van der Waals surface area (Å²) in [5.74, 6) is 0.760. The molecule has 0 aliphatic carbocycles. The fourth-order valence-electron chi connectivity index (χ4n) is 1.61. The van der Waals surface area contributed by atoms with Gasteiger partial charge in [-0.25, -0.2) is 0 Å². The molecule has 1 aromatic heterocycles. The third-order valence-corrected chi connectivity index (χ3v) is 3.28. The van der Waals surface area contributed by atoms with Crippen LogP contribution >= 0.6 is 15.9 Å². The van der Waals surface area contributed by atoms with Crippen LogP contribution in [0, 0.1) is 17.0 Å². The van der Waals surface area contributed by atoms with Gasteiger partial charge in [0, 0.05) is 29.2 Å². The minimum Gasteiger partial charge on any atom is -0.360 e. The molecule has 0 bridgehead atoms. The van der Waals surface area contributed by atoms with Crippen LogP contribution < -0.4 is 5.32 Å². The third kappa shape index (κ3) is 3.62. The van der Waals surface area contributed by atoms with Crippen LogP contribution in [-0.4, -0.2) is 10.1 Å². The number of aryl methyl sites for hydroxylation is 1. The summed E-state index contributed by atoms with van der Waals surface area (Å²) in [6, 6.07) is 6.56. The number of aromatic nitrogens is 1. The standard InChI is InChI=1S/C12H12BrN3O3/c1-8-4-11(19-15-8)7-14-6-9-2-3-10(16(17)18)5-12(9)13/h2-5,14H,6-7H2,1H3. The number of halogens is 1. The molecular weight excluding hydrogens is 314 g/mol. The van der Waals surface area contributed by atoms with Gasteiger partial charge in [-0.1, -0.05) is 21.1 Å². The Morgan fingerprint density at radius 1 is 1.42 bits per heavy atom. The zero-order chi connectivity index (χ0) is 13.8. The van der Waals surface area contributed by atoms with Gasteiger partial charge in [0.15, 0.2) is 5.76 Å². The molecule has 0 fully saturated rings. The Morgan fingerprint density at radius 2 is 2.21 bits per heavy atom. The van der Waals surface area contributed by atoms with Gasteiger partial charge >= 0.3 is 0 Å². The van der Waals surface area contributed by atoms with Crippen LogP contribution in [0.15, 0.2) is 33.3 Å². The van der Waals surface area contributed by atoms with Crippen molar-refractivity contribution in [1.82, 2.24) is 10.5 Å². The molecule has 0 aliphatic rings. The number of nitrogens with zero attached hydrogens (tertiary/aromatic N) is 2. The highest BCUT2D eigenvalue weighted by Crippen LogP contribution is 2.22. The molecule has 19 heavy (non-hydrogen) atoms. The van der Waals surface area contributed by atoms with Crippen molar-refractivity contribution in [2.45, 2.75) is 20.0 Å². The Bertz CT molecular complexity index is 598. The number of rotatable bonds is 5. The van der Waals surface area contributed by atoms with Gasteiger partial charge in [0.05, 0.1) is 17.2 Å². The summed E-state index contributed by atoms with van der Waals surface area (Å²) in [6.07, 6.45) is 0. The Kier molecular flexibility index (Phi) is 4.28. The Morgan fingerprint density at radius 3 is 2.79 bits per heavy atom. The van der Waals surface area contributed by atoms with E-state index in [-0.39, 0.29) is 5.69 Å². The average molecular weight is 326 g/mol. The topological polar surface area (TPSA) is 81.2 Å². The lowest BCUT2D eigenvalue weighted by molar-refractivity contribution is -0.384. The minimum atomic E-state index is -0.417. The zero-order valence-corrected chi connectivity index (χ0v) is 11.8. The monoisotopic (exact) mass is 325 g/mol. The summed E-state index contributed by atoms with van der Waals surface area (Å²) in [5, 5.41) is 17.6. The molecule has 0 saturated heterocycles. The van der Waals surface area contributed by atoms with Crippen molar-refractivity contribution >= 4 is 21.6 Å². The summed E-state index contributed by atoms with van der Waals surface area (Å²) < 4.78 is 5.78. The number of benzene rings is 1. The highest BCUT2D eigenvalue weighted by molar-refractivity contribution is 9.10. The van der Waals surface area contributed by atoms with Gasteiger partial charge in [-0.05, 0) is 18.6 Å². The molecule has 7 heteroatoms. The lowest BCUT2D eigenvalue weighted by atomic mass is 10.2. The van der Waals surface area contributed by atoms with Crippen LogP contribution in [0.1, 0.15) is 17.0 Å². The van der Waals surface area contributed by atoms with Crippen LogP contribution in [0.25, 0.3) is 0 Å². The van der Waals surface area contributed by atoms with Gasteiger partial charge < -0.3 is 9.84 Å². The lowest BCUT2D eigenvalue weighted by Gasteiger charge is -2.05. The molecule has 1 N–H and O–H groups in total. The minimum absolute atomic E-state index is 0.0708. The largest absolute Gasteiger partial charge is 0.360 e. The van der Waals surface area contributed by atoms with Crippen LogP contribution in [0.4, 0.5) is 5.69 Å². The van der Waals surface area contributed by atoms with Crippen molar-refractivity contribution < 1.29 is 9.45 Å². The number of nitrogens with one attached hydrogen (secondary N) is 1. The molecule has 1 heterocycles. The fraction of sp³-hybridized carbons (Fsp3) is 0.250. The smallest absolute Gasteiger partial charge is 0.270 e. The van der Waals surface area contributed by atoms with Gasteiger partial charge in [-0.3, -0.25) is 10.1 Å². The maximum absolute atomic E-state index is 10.6. The van der Waals surface area contributed by atoms with E-state index in [1.807, 2.05) is 13.0 Å². The molecule has 0 radical (unpaired) electrons. The number of non-ortho nitro benzene ring substituents is 1. The van der Waals surface area contributed by atoms with E-state index in [1.54, 1.807) is 6.07 Å². The van der Waals surface area contributed by atoms with Gasteiger partial charge in [-0.2, -0.15) is 0 Å². The van der Waals surface area contributed by atoms with E-state index in [2.05, 4.69) is 26.4 Å². The molecule has 0 unspecified atom stereocenters. The maximum Gasteiger partial charge on any atom is 0.270 e. The maximum atomic E-state index is 10.6. The molecule has 2 aromatic rings. The summed E-state index contributed by atoms with van der Waals surface area (Å²) in [7, 11) is 0. The number of hydrogen-bond donors (Lipinski definition) is 1. The Labute approximate surface area is 118 Å². The van der Waals surface area contributed by atoms with E-state index in [0.29, 0.717) is 17.6 Å². The molecule has 2 rings (SSSR count). The SMILES string of the molecule is Cc1cc(CNCc2ccc([N+](=O)[O-])cc2Br)on1. The highest BCUT2D eigenvalue weighted by Gasteiger charge is 2.09. The second kappa shape index (κ2) is 5.94. The molecular formula is C12H12BrN3O3.